The van der Waals surface area contributed by atoms with Crippen molar-refractivity contribution < 1.29 is 9.50 Å². The van der Waals surface area contributed by atoms with Crippen molar-refractivity contribution in [2.75, 3.05) is 0 Å². The molecule has 2 aromatic rings. The van der Waals surface area contributed by atoms with Crippen LogP contribution < -0.4 is 0 Å². The Bertz CT molecular complexity index is 574. The lowest BCUT2D eigenvalue weighted by Gasteiger charge is -2.12. The molecule has 0 spiro atoms. The van der Waals surface area contributed by atoms with E-state index in [4.69, 9.17) is 11.6 Å². The molecule has 1 unspecified atom stereocenters. The van der Waals surface area contributed by atoms with Gasteiger partial charge in [0.1, 0.15) is 5.82 Å². The second-order valence-electron chi connectivity index (χ2n) is 4.40. The maximum atomic E-state index is 13.1. The van der Waals surface area contributed by atoms with E-state index in [-0.39, 0.29) is 5.82 Å². The van der Waals surface area contributed by atoms with Crippen LogP contribution in [0.15, 0.2) is 46.9 Å². The van der Waals surface area contributed by atoms with Crippen LogP contribution >= 0.6 is 27.5 Å². The first-order valence-electron chi connectivity index (χ1n) is 5.91. The van der Waals surface area contributed by atoms with Crippen molar-refractivity contribution >= 4 is 27.5 Å². The van der Waals surface area contributed by atoms with Gasteiger partial charge in [-0.15, -0.1) is 0 Å². The van der Waals surface area contributed by atoms with Crippen LogP contribution in [0.5, 0.6) is 0 Å². The Morgan fingerprint density at radius 2 is 1.89 bits per heavy atom. The number of aliphatic hydroxyl groups excluding tert-OH is 1. The molecule has 0 amide bonds. The monoisotopic (exact) mass is 342 g/mol. The molecule has 0 aromatic heterocycles. The SMILES string of the molecule is OC(Cc1ccc(F)c(Br)c1)Cc1ccccc1Cl. The third-order valence-corrected chi connectivity index (χ3v) is 3.85. The minimum atomic E-state index is -0.544. The summed E-state index contributed by atoms with van der Waals surface area (Å²) in [5, 5.41) is 10.7. The molecule has 0 saturated heterocycles. The smallest absolute Gasteiger partial charge is 0.137 e. The quantitative estimate of drug-likeness (QED) is 0.873. The van der Waals surface area contributed by atoms with Crippen LogP contribution in [0.2, 0.25) is 5.02 Å². The first kappa shape index (κ1) is 14.5. The number of rotatable bonds is 4. The average Bonchev–Trinajstić information content (AvgIpc) is 2.37. The number of hydrogen-bond acceptors (Lipinski definition) is 1. The highest BCUT2D eigenvalue weighted by molar-refractivity contribution is 9.10. The molecule has 0 bridgehead atoms. The maximum Gasteiger partial charge on any atom is 0.137 e. The first-order valence-corrected chi connectivity index (χ1v) is 7.09. The van der Waals surface area contributed by atoms with Gasteiger partial charge in [0.2, 0.25) is 0 Å². The summed E-state index contributed by atoms with van der Waals surface area (Å²) in [6, 6.07) is 12.2. The third-order valence-electron chi connectivity index (χ3n) is 2.87. The molecule has 0 aliphatic carbocycles. The second-order valence-corrected chi connectivity index (χ2v) is 5.66. The molecular formula is C15H13BrClFO. The van der Waals surface area contributed by atoms with Gasteiger partial charge in [0.15, 0.2) is 0 Å². The van der Waals surface area contributed by atoms with Crippen molar-refractivity contribution in [1.82, 2.24) is 0 Å². The van der Waals surface area contributed by atoms with E-state index in [0.717, 1.165) is 11.1 Å². The largest absolute Gasteiger partial charge is 0.392 e. The van der Waals surface area contributed by atoms with Crippen LogP contribution in [0.1, 0.15) is 11.1 Å². The molecular weight excluding hydrogens is 331 g/mol. The molecule has 0 radical (unpaired) electrons. The van der Waals surface area contributed by atoms with Gasteiger partial charge in [-0.2, -0.15) is 0 Å². The van der Waals surface area contributed by atoms with Gasteiger partial charge >= 0.3 is 0 Å². The van der Waals surface area contributed by atoms with E-state index in [9.17, 15) is 9.50 Å². The lowest BCUT2D eigenvalue weighted by molar-refractivity contribution is 0.175. The Labute approximate surface area is 125 Å². The van der Waals surface area contributed by atoms with Gasteiger partial charge in [0.25, 0.3) is 0 Å². The second kappa shape index (κ2) is 6.51. The molecule has 0 saturated carbocycles. The first-order chi connectivity index (χ1) is 9.06. The minimum absolute atomic E-state index is 0.302. The van der Waals surface area contributed by atoms with Crippen LogP contribution in [-0.2, 0) is 12.8 Å². The zero-order chi connectivity index (χ0) is 13.8. The molecule has 2 aromatic carbocycles. The van der Waals surface area contributed by atoms with Gasteiger partial charge in [0.05, 0.1) is 10.6 Å². The van der Waals surface area contributed by atoms with E-state index < -0.39 is 6.10 Å². The zero-order valence-electron chi connectivity index (χ0n) is 10.1. The van der Waals surface area contributed by atoms with Crippen molar-refractivity contribution in [2.24, 2.45) is 0 Å². The fourth-order valence-corrected chi connectivity index (χ4v) is 2.57. The van der Waals surface area contributed by atoms with E-state index in [1.807, 2.05) is 18.2 Å². The third kappa shape index (κ3) is 4.03. The van der Waals surface area contributed by atoms with Crippen LogP contribution in [0.3, 0.4) is 0 Å². The molecule has 0 heterocycles. The molecule has 1 atom stereocenters. The summed E-state index contributed by atoms with van der Waals surface area (Å²) in [5.41, 5.74) is 1.80. The van der Waals surface area contributed by atoms with Crippen molar-refractivity contribution in [3.8, 4) is 0 Å². The van der Waals surface area contributed by atoms with Crippen LogP contribution in [-0.4, -0.2) is 11.2 Å². The van der Waals surface area contributed by atoms with E-state index >= 15 is 0 Å². The molecule has 0 aliphatic rings. The van der Waals surface area contributed by atoms with Gasteiger partial charge < -0.3 is 5.11 Å². The lowest BCUT2D eigenvalue weighted by atomic mass is 10.0. The highest BCUT2D eigenvalue weighted by Crippen LogP contribution is 2.20. The van der Waals surface area contributed by atoms with E-state index in [1.165, 1.54) is 6.07 Å². The molecule has 100 valence electrons. The van der Waals surface area contributed by atoms with Gasteiger partial charge in [-0.1, -0.05) is 35.9 Å². The van der Waals surface area contributed by atoms with Gasteiger partial charge in [-0.3, -0.25) is 0 Å². The number of benzene rings is 2. The van der Waals surface area contributed by atoms with Crippen molar-refractivity contribution in [3.63, 3.8) is 0 Å². The van der Waals surface area contributed by atoms with Crippen LogP contribution in [0.25, 0.3) is 0 Å². The Morgan fingerprint density at radius 3 is 2.58 bits per heavy atom. The van der Waals surface area contributed by atoms with E-state index in [0.29, 0.717) is 22.3 Å². The maximum absolute atomic E-state index is 13.1. The fourth-order valence-electron chi connectivity index (χ4n) is 1.93. The summed E-state index contributed by atoms with van der Waals surface area (Å²) in [5.74, 6) is -0.302. The normalized spacial score (nSPS) is 12.4. The van der Waals surface area contributed by atoms with Crippen LogP contribution in [0, 0.1) is 5.82 Å². The summed E-state index contributed by atoms with van der Waals surface area (Å²) in [6.45, 7) is 0. The summed E-state index contributed by atoms with van der Waals surface area (Å²) >= 11 is 9.19. The zero-order valence-corrected chi connectivity index (χ0v) is 12.5. The summed E-state index contributed by atoms with van der Waals surface area (Å²) in [6.07, 6.45) is 0.399. The molecule has 0 aliphatic heterocycles. The topological polar surface area (TPSA) is 20.2 Å². The molecule has 4 heteroatoms. The van der Waals surface area contributed by atoms with Crippen molar-refractivity contribution in [2.45, 2.75) is 18.9 Å². The van der Waals surface area contributed by atoms with Crippen molar-refractivity contribution in [3.05, 3.63) is 68.9 Å². The van der Waals surface area contributed by atoms with E-state index in [2.05, 4.69) is 15.9 Å². The number of halogens is 3. The van der Waals surface area contributed by atoms with Gasteiger partial charge in [-0.25, -0.2) is 4.39 Å². The van der Waals surface area contributed by atoms with Gasteiger partial charge in [0, 0.05) is 11.4 Å². The molecule has 0 fully saturated rings. The Hall–Kier alpha value is -0.900. The summed E-state index contributed by atoms with van der Waals surface area (Å²) in [4.78, 5) is 0. The highest BCUT2D eigenvalue weighted by atomic mass is 79.9. The Kier molecular flexibility index (Phi) is 4.97. The van der Waals surface area contributed by atoms with E-state index in [1.54, 1.807) is 18.2 Å². The molecule has 1 nitrogen and oxygen atoms in total. The molecule has 19 heavy (non-hydrogen) atoms. The number of aliphatic hydroxyl groups is 1. The standard InChI is InChI=1S/C15H13BrClFO/c16-13-8-10(5-6-15(13)18)7-12(19)9-11-3-1-2-4-14(11)17/h1-6,8,12,19H,7,9H2. The minimum Gasteiger partial charge on any atom is -0.392 e. The summed E-state index contributed by atoms with van der Waals surface area (Å²) in [7, 11) is 0. The number of hydrogen-bond donors (Lipinski definition) is 1. The fraction of sp³-hybridized carbons (Fsp3) is 0.200. The molecule has 2 rings (SSSR count). The highest BCUT2D eigenvalue weighted by Gasteiger charge is 2.10. The predicted octanol–water partition coefficient (Wildman–Crippen LogP) is 4.39. The average molecular weight is 344 g/mol. The predicted molar refractivity (Wildman–Crippen MR) is 79.0 cm³/mol. The van der Waals surface area contributed by atoms with Crippen LogP contribution in [0.4, 0.5) is 4.39 Å². The van der Waals surface area contributed by atoms with Gasteiger partial charge in [-0.05, 0) is 51.7 Å². The Balaban J connectivity index is 2.03. The Morgan fingerprint density at radius 1 is 1.16 bits per heavy atom. The lowest BCUT2D eigenvalue weighted by Crippen LogP contribution is -2.14. The summed E-state index contributed by atoms with van der Waals surface area (Å²) < 4.78 is 13.5. The molecule has 1 N–H and O–H groups in total. The van der Waals surface area contributed by atoms with Crippen molar-refractivity contribution in [1.29, 1.82) is 0 Å².